The molecule has 1 N–H and O–H groups in total. The summed E-state index contributed by atoms with van der Waals surface area (Å²) in [4.78, 5) is 50.3. The first-order chi connectivity index (χ1) is 18.7. The molecule has 218 valence electrons. The van der Waals surface area contributed by atoms with Gasteiger partial charge in [-0.05, 0) is 56.8 Å². The van der Waals surface area contributed by atoms with Crippen molar-refractivity contribution < 1.29 is 46.6 Å². The molecule has 4 aliphatic carbocycles. The van der Waals surface area contributed by atoms with E-state index in [1.165, 1.54) is 26.0 Å². The van der Waals surface area contributed by atoms with E-state index in [0.29, 0.717) is 0 Å². The van der Waals surface area contributed by atoms with Crippen LogP contribution in [0.25, 0.3) is 0 Å². The third-order valence-corrected chi connectivity index (χ3v) is 10.2. The molecule has 3 fully saturated rings. The number of allylic oxidation sites excluding steroid dienone is 4. The molecule has 9 atom stereocenters. The molecule has 1 heterocycles. The smallest absolute Gasteiger partial charge is 0.454 e. The van der Waals surface area contributed by atoms with Gasteiger partial charge in [-0.25, -0.2) is 18.4 Å². The van der Waals surface area contributed by atoms with E-state index in [0.717, 1.165) is 6.08 Å². The molecule has 0 unspecified atom stereocenters. The second-order valence-electron chi connectivity index (χ2n) is 12.1. The SMILES string of the molecule is CCC(=O)O[C@]1(C(=O)OCc2oc(=O)oc2C)[C@H](C)C[C@H]2[C@@H]3C[C@H](F)C4=CC(=O)C=C[C@]4(C)[C@@]3(F)[C@@H](O)C[C@@]21C. The average molecular weight is 565 g/mol. The van der Waals surface area contributed by atoms with Crippen molar-refractivity contribution >= 4 is 17.7 Å². The molecular weight excluding hydrogens is 530 g/mol. The molecule has 0 saturated heterocycles. The van der Waals surface area contributed by atoms with Crippen LogP contribution in [-0.4, -0.2) is 46.4 Å². The van der Waals surface area contributed by atoms with E-state index in [2.05, 4.69) is 0 Å². The molecule has 3 saturated carbocycles. The van der Waals surface area contributed by atoms with E-state index in [-0.39, 0.29) is 42.8 Å². The number of aryl methyl sites for hydroxylation is 1. The Bertz CT molecular complexity index is 1380. The number of hydrogen-bond acceptors (Lipinski definition) is 9. The van der Waals surface area contributed by atoms with Crippen molar-refractivity contribution in [2.24, 2.45) is 28.6 Å². The number of fused-ring (bicyclic) bond motifs is 5. The fourth-order valence-corrected chi connectivity index (χ4v) is 8.21. The van der Waals surface area contributed by atoms with Gasteiger partial charge in [0.15, 0.2) is 29.6 Å². The fourth-order valence-electron chi connectivity index (χ4n) is 8.21. The van der Waals surface area contributed by atoms with Crippen LogP contribution in [0.4, 0.5) is 8.78 Å². The molecule has 11 heteroatoms. The zero-order valence-corrected chi connectivity index (χ0v) is 23.1. The summed E-state index contributed by atoms with van der Waals surface area (Å²) in [5, 5.41) is 11.6. The maximum absolute atomic E-state index is 17.5. The Morgan fingerprint density at radius 2 is 1.88 bits per heavy atom. The summed E-state index contributed by atoms with van der Waals surface area (Å²) in [6, 6.07) is 0. The van der Waals surface area contributed by atoms with Crippen LogP contribution in [-0.2, 0) is 30.5 Å². The molecule has 0 spiro atoms. The predicted octanol–water partition coefficient (Wildman–Crippen LogP) is 3.84. The summed E-state index contributed by atoms with van der Waals surface area (Å²) in [6.45, 7) is 7.37. The molecule has 5 rings (SSSR count). The second kappa shape index (κ2) is 9.22. The number of ketones is 1. The third kappa shape index (κ3) is 3.58. The van der Waals surface area contributed by atoms with Crippen LogP contribution in [0.2, 0.25) is 0 Å². The van der Waals surface area contributed by atoms with Crippen LogP contribution in [0, 0.1) is 35.5 Å². The lowest BCUT2D eigenvalue weighted by molar-refractivity contribution is -0.239. The number of carbonyl (C=O) groups excluding carboxylic acids is 3. The van der Waals surface area contributed by atoms with E-state index in [1.54, 1.807) is 20.8 Å². The van der Waals surface area contributed by atoms with Crippen molar-refractivity contribution in [3.63, 3.8) is 0 Å². The van der Waals surface area contributed by atoms with Gasteiger partial charge in [0.1, 0.15) is 6.17 Å². The summed E-state index contributed by atoms with van der Waals surface area (Å²) >= 11 is 0. The minimum absolute atomic E-state index is 0.00694. The Morgan fingerprint density at radius 3 is 2.50 bits per heavy atom. The van der Waals surface area contributed by atoms with Gasteiger partial charge in [-0.2, -0.15) is 0 Å². The first-order valence-corrected chi connectivity index (χ1v) is 13.6. The topological polar surface area (TPSA) is 133 Å². The van der Waals surface area contributed by atoms with Gasteiger partial charge in [0.25, 0.3) is 0 Å². The normalized spacial score (nSPS) is 42.0. The van der Waals surface area contributed by atoms with Crippen LogP contribution in [0.5, 0.6) is 0 Å². The van der Waals surface area contributed by atoms with E-state index in [4.69, 9.17) is 18.3 Å². The number of halogens is 2. The van der Waals surface area contributed by atoms with Gasteiger partial charge >= 0.3 is 17.8 Å². The highest BCUT2D eigenvalue weighted by Gasteiger charge is 2.78. The summed E-state index contributed by atoms with van der Waals surface area (Å²) in [7, 11) is 0. The number of aliphatic hydroxyl groups is 1. The Morgan fingerprint density at radius 1 is 1.18 bits per heavy atom. The quantitative estimate of drug-likeness (QED) is 0.530. The monoisotopic (exact) mass is 564 g/mol. The van der Waals surface area contributed by atoms with Gasteiger partial charge in [-0.3, -0.25) is 9.59 Å². The third-order valence-electron chi connectivity index (χ3n) is 10.2. The summed E-state index contributed by atoms with van der Waals surface area (Å²) < 4.78 is 54.4. The van der Waals surface area contributed by atoms with Gasteiger partial charge in [-0.15, -0.1) is 0 Å². The highest BCUT2D eigenvalue weighted by Crippen LogP contribution is 2.71. The number of esters is 2. The molecule has 1 aromatic heterocycles. The lowest BCUT2D eigenvalue weighted by Gasteiger charge is -2.63. The molecule has 9 nitrogen and oxygen atoms in total. The van der Waals surface area contributed by atoms with Crippen LogP contribution < -0.4 is 5.82 Å². The number of alkyl halides is 2. The molecular formula is C29H34F2O9. The molecule has 4 aliphatic rings. The molecule has 0 aromatic carbocycles. The Balaban J connectivity index is 1.58. The minimum atomic E-state index is -2.35. The maximum Gasteiger partial charge on any atom is 0.519 e. The van der Waals surface area contributed by atoms with Gasteiger partial charge in [0.05, 0.1) is 6.10 Å². The number of rotatable bonds is 5. The van der Waals surface area contributed by atoms with Crippen molar-refractivity contribution in [2.75, 3.05) is 0 Å². The standard InChI is InChI=1S/C29H34F2O9/c1-6-23(34)40-29(24(35)37-13-21-15(3)38-25(36)39-21)14(2)9-17-18-11-20(30)19-10-16(32)7-8-26(19,4)28(18,31)22(33)12-27(17,29)5/h7-8,10,14,17-18,20,22,33H,6,9,11-13H2,1-5H3/t14-,17+,18+,20+,22+,26+,27+,28+,29+/m1/s1. The van der Waals surface area contributed by atoms with Crippen LogP contribution >= 0.6 is 0 Å². The Hall–Kier alpha value is -3.08. The summed E-state index contributed by atoms with van der Waals surface area (Å²) in [6.07, 6.45) is -0.163. The lowest BCUT2D eigenvalue weighted by Crippen LogP contribution is -2.71. The highest BCUT2D eigenvalue weighted by atomic mass is 19.1. The zero-order chi connectivity index (χ0) is 29.4. The van der Waals surface area contributed by atoms with Crippen molar-refractivity contribution in [3.05, 3.63) is 45.9 Å². The highest BCUT2D eigenvalue weighted by molar-refractivity contribution is 6.01. The van der Waals surface area contributed by atoms with E-state index >= 15 is 8.78 Å². The first-order valence-electron chi connectivity index (χ1n) is 13.6. The first kappa shape index (κ1) is 28.4. The van der Waals surface area contributed by atoms with Crippen LogP contribution in [0.15, 0.2) is 37.4 Å². The van der Waals surface area contributed by atoms with Gasteiger partial charge < -0.3 is 23.4 Å². The van der Waals surface area contributed by atoms with Gasteiger partial charge in [-0.1, -0.05) is 26.8 Å². The van der Waals surface area contributed by atoms with Crippen LogP contribution in [0.1, 0.15) is 64.9 Å². The van der Waals surface area contributed by atoms with Gasteiger partial charge in [0, 0.05) is 29.1 Å². The van der Waals surface area contributed by atoms with Gasteiger partial charge in [0.2, 0.25) is 5.60 Å². The molecule has 40 heavy (non-hydrogen) atoms. The van der Waals surface area contributed by atoms with Crippen molar-refractivity contribution in [1.29, 1.82) is 0 Å². The summed E-state index contributed by atoms with van der Waals surface area (Å²) in [5.74, 6) is -5.40. The molecule has 0 radical (unpaired) electrons. The van der Waals surface area contributed by atoms with Crippen molar-refractivity contribution in [1.82, 2.24) is 0 Å². The van der Waals surface area contributed by atoms with E-state index < -0.39 is 82.3 Å². The maximum atomic E-state index is 17.5. The number of carbonyl (C=O) groups is 3. The average Bonchev–Trinajstić information content (AvgIpc) is 3.33. The van der Waals surface area contributed by atoms with Crippen molar-refractivity contribution in [2.45, 2.75) is 90.5 Å². The Kier molecular flexibility index (Phi) is 6.56. The Labute approximate surface area is 229 Å². The minimum Gasteiger partial charge on any atom is -0.454 e. The van der Waals surface area contributed by atoms with E-state index in [1.807, 2.05) is 0 Å². The second-order valence-corrected chi connectivity index (χ2v) is 12.1. The molecule has 0 bridgehead atoms. The number of ether oxygens (including phenoxy) is 2. The number of aliphatic hydroxyl groups excluding tert-OH is 1. The van der Waals surface area contributed by atoms with Crippen molar-refractivity contribution in [3.8, 4) is 0 Å². The molecule has 0 aliphatic heterocycles. The molecule has 1 aromatic rings. The zero-order valence-electron chi connectivity index (χ0n) is 23.1. The summed E-state index contributed by atoms with van der Waals surface area (Å²) in [5.41, 5.74) is -7.23. The van der Waals surface area contributed by atoms with E-state index in [9.17, 15) is 24.3 Å². The fraction of sp³-hybridized carbons (Fsp3) is 0.655. The molecule has 0 amide bonds. The van der Waals surface area contributed by atoms with Crippen LogP contribution in [0.3, 0.4) is 0 Å². The number of hydrogen-bond donors (Lipinski definition) is 1. The predicted molar refractivity (Wildman–Crippen MR) is 134 cm³/mol. The lowest BCUT2D eigenvalue weighted by atomic mass is 9.44. The largest absolute Gasteiger partial charge is 0.519 e.